The number of benzene rings is 1. The van der Waals surface area contributed by atoms with E-state index in [4.69, 9.17) is 0 Å². The molecule has 0 spiro atoms. The van der Waals surface area contributed by atoms with E-state index in [-0.39, 0.29) is 0 Å². The van der Waals surface area contributed by atoms with Gasteiger partial charge in [-0.05, 0) is 41.2 Å². The second kappa shape index (κ2) is 4.96. The van der Waals surface area contributed by atoms with Gasteiger partial charge in [-0.2, -0.15) is 0 Å². The Bertz CT molecular complexity index is 303. The molecular formula is C13H15I. The van der Waals surface area contributed by atoms with Crippen molar-refractivity contribution in [3.8, 4) is 0 Å². The normalized spacial score (nSPS) is 22.1. The van der Waals surface area contributed by atoms with Gasteiger partial charge in [0, 0.05) is 0 Å². The van der Waals surface area contributed by atoms with E-state index in [9.17, 15) is 0 Å². The molecule has 74 valence electrons. The average molecular weight is 298 g/mol. The topological polar surface area (TPSA) is 0 Å². The number of allylic oxidation sites excluding steroid dienone is 1. The third-order valence-electron chi connectivity index (χ3n) is 3.05. The fourth-order valence-corrected chi connectivity index (χ4v) is 2.78. The van der Waals surface area contributed by atoms with Crippen LogP contribution in [0.5, 0.6) is 0 Å². The lowest BCUT2D eigenvalue weighted by Crippen LogP contribution is -2.05. The Morgan fingerprint density at radius 2 is 1.71 bits per heavy atom. The zero-order valence-electron chi connectivity index (χ0n) is 8.25. The lowest BCUT2D eigenvalue weighted by atomic mass is 9.82. The third-order valence-corrected chi connectivity index (χ3v) is 3.93. The largest absolute Gasteiger partial charge is 0.0641 e. The Morgan fingerprint density at radius 3 is 2.29 bits per heavy atom. The predicted octanol–water partition coefficient (Wildman–Crippen LogP) is 4.66. The van der Waals surface area contributed by atoms with Gasteiger partial charge < -0.3 is 0 Å². The third kappa shape index (κ3) is 2.38. The maximum Gasteiger partial charge on any atom is -0.0156 e. The van der Waals surface area contributed by atoms with Gasteiger partial charge >= 0.3 is 0 Å². The van der Waals surface area contributed by atoms with Crippen molar-refractivity contribution in [3.63, 3.8) is 0 Å². The van der Waals surface area contributed by atoms with Gasteiger partial charge in [0.05, 0.1) is 0 Å². The number of halogens is 1. The minimum atomic E-state index is 0.802. The van der Waals surface area contributed by atoms with Crippen molar-refractivity contribution in [3.05, 3.63) is 45.6 Å². The molecule has 0 nitrogen and oxygen atoms in total. The van der Waals surface area contributed by atoms with Crippen LogP contribution in [0.3, 0.4) is 0 Å². The van der Waals surface area contributed by atoms with Gasteiger partial charge in [0.15, 0.2) is 0 Å². The molecule has 0 N–H and O–H groups in total. The Morgan fingerprint density at radius 1 is 1.07 bits per heavy atom. The van der Waals surface area contributed by atoms with Crippen molar-refractivity contribution >= 4 is 22.6 Å². The fraction of sp³-hybridized carbons (Fsp3) is 0.385. The van der Waals surface area contributed by atoms with Crippen LogP contribution in [-0.2, 0) is 0 Å². The van der Waals surface area contributed by atoms with Crippen LogP contribution in [-0.4, -0.2) is 0 Å². The summed E-state index contributed by atoms with van der Waals surface area (Å²) in [6.45, 7) is 0. The first-order valence-corrected chi connectivity index (χ1v) is 6.48. The van der Waals surface area contributed by atoms with E-state index < -0.39 is 0 Å². The summed E-state index contributed by atoms with van der Waals surface area (Å²) in [4.78, 5) is 0. The Kier molecular flexibility index (Phi) is 3.62. The number of rotatable bonds is 1. The fourth-order valence-electron chi connectivity index (χ4n) is 2.16. The first kappa shape index (κ1) is 10.2. The molecule has 0 amide bonds. The van der Waals surface area contributed by atoms with E-state index in [2.05, 4.69) is 57.0 Å². The molecule has 0 bridgehead atoms. The van der Waals surface area contributed by atoms with Gasteiger partial charge in [0.25, 0.3) is 0 Å². The van der Waals surface area contributed by atoms with Crippen LogP contribution in [0, 0.1) is 0 Å². The van der Waals surface area contributed by atoms with Gasteiger partial charge in [-0.1, -0.05) is 58.5 Å². The molecule has 0 saturated heterocycles. The molecule has 14 heavy (non-hydrogen) atoms. The SMILES string of the molecule is IC=C1CCC(c2ccccc2)CC1. The lowest BCUT2D eigenvalue weighted by Gasteiger charge is -2.23. The lowest BCUT2D eigenvalue weighted by molar-refractivity contribution is 0.518. The van der Waals surface area contributed by atoms with Crippen LogP contribution >= 0.6 is 22.6 Å². The molecule has 1 fully saturated rings. The van der Waals surface area contributed by atoms with Crippen LogP contribution in [0.25, 0.3) is 0 Å². The smallest absolute Gasteiger partial charge is 0.0156 e. The summed E-state index contributed by atoms with van der Waals surface area (Å²) in [5, 5.41) is 0. The molecule has 0 aromatic heterocycles. The van der Waals surface area contributed by atoms with E-state index in [1.54, 1.807) is 5.57 Å². The minimum absolute atomic E-state index is 0.802. The molecule has 0 unspecified atom stereocenters. The van der Waals surface area contributed by atoms with E-state index in [1.807, 2.05) is 0 Å². The highest BCUT2D eigenvalue weighted by Crippen LogP contribution is 2.35. The van der Waals surface area contributed by atoms with E-state index in [0.717, 1.165) is 5.92 Å². The molecule has 1 aromatic carbocycles. The highest BCUT2D eigenvalue weighted by molar-refractivity contribution is 14.1. The highest BCUT2D eigenvalue weighted by Gasteiger charge is 2.17. The number of hydrogen-bond donors (Lipinski definition) is 0. The molecule has 0 atom stereocenters. The molecule has 1 aliphatic carbocycles. The van der Waals surface area contributed by atoms with Gasteiger partial charge in [-0.3, -0.25) is 0 Å². The standard InChI is InChI=1S/C13H15I/c14-10-11-6-8-13(9-7-11)12-4-2-1-3-5-12/h1-5,10,13H,6-9H2. The Balaban J connectivity index is 2.03. The molecule has 1 saturated carbocycles. The Labute approximate surface area is 99.6 Å². The van der Waals surface area contributed by atoms with Crippen LogP contribution in [0.4, 0.5) is 0 Å². The first-order valence-electron chi connectivity index (χ1n) is 5.23. The van der Waals surface area contributed by atoms with E-state index in [1.165, 1.54) is 31.2 Å². The van der Waals surface area contributed by atoms with Crippen molar-refractivity contribution in [1.82, 2.24) is 0 Å². The minimum Gasteiger partial charge on any atom is -0.0641 e. The zero-order chi connectivity index (χ0) is 9.80. The van der Waals surface area contributed by atoms with Crippen LogP contribution in [0.1, 0.15) is 37.2 Å². The molecule has 0 aliphatic heterocycles. The van der Waals surface area contributed by atoms with Crippen molar-refractivity contribution in [2.24, 2.45) is 0 Å². The zero-order valence-corrected chi connectivity index (χ0v) is 10.4. The van der Waals surface area contributed by atoms with E-state index >= 15 is 0 Å². The van der Waals surface area contributed by atoms with Gasteiger partial charge in [0.1, 0.15) is 0 Å². The summed E-state index contributed by atoms with van der Waals surface area (Å²) in [7, 11) is 0. The van der Waals surface area contributed by atoms with Gasteiger partial charge in [0.2, 0.25) is 0 Å². The Hall–Kier alpha value is -0.310. The molecule has 2 rings (SSSR count). The summed E-state index contributed by atoms with van der Waals surface area (Å²) >= 11 is 2.37. The first-order chi connectivity index (χ1) is 6.90. The van der Waals surface area contributed by atoms with Crippen molar-refractivity contribution in [2.45, 2.75) is 31.6 Å². The quantitative estimate of drug-likeness (QED) is 0.661. The second-order valence-corrected chi connectivity index (χ2v) is 4.58. The molecule has 1 aliphatic rings. The maximum atomic E-state index is 2.37. The molecule has 1 heteroatoms. The second-order valence-electron chi connectivity index (χ2n) is 3.95. The van der Waals surface area contributed by atoms with Crippen molar-refractivity contribution in [2.75, 3.05) is 0 Å². The summed E-state index contributed by atoms with van der Waals surface area (Å²) in [6, 6.07) is 10.9. The average Bonchev–Trinajstić information content (AvgIpc) is 2.30. The van der Waals surface area contributed by atoms with Crippen LogP contribution < -0.4 is 0 Å². The van der Waals surface area contributed by atoms with Gasteiger partial charge in [-0.15, -0.1) is 0 Å². The summed E-state index contributed by atoms with van der Waals surface area (Å²) in [6.07, 6.45) is 5.25. The van der Waals surface area contributed by atoms with Crippen LogP contribution in [0.2, 0.25) is 0 Å². The monoisotopic (exact) mass is 298 g/mol. The van der Waals surface area contributed by atoms with Gasteiger partial charge in [-0.25, -0.2) is 0 Å². The molecule has 1 aromatic rings. The molecule has 0 heterocycles. The van der Waals surface area contributed by atoms with Crippen molar-refractivity contribution in [1.29, 1.82) is 0 Å². The van der Waals surface area contributed by atoms with E-state index in [0.29, 0.717) is 0 Å². The summed E-state index contributed by atoms with van der Waals surface area (Å²) in [5.41, 5.74) is 3.16. The molecule has 0 radical (unpaired) electrons. The maximum absolute atomic E-state index is 2.37. The number of hydrogen-bond acceptors (Lipinski definition) is 0. The van der Waals surface area contributed by atoms with Crippen molar-refractivity contribution < 1.29 is 0 Å². The summed E-state index contributed by atoms with van der Waals surface area (Å²) in [5.74, 6) is 0.802. The predicted molar refractivity (Wildman–Crippen MR) is 69.8 cm³/mol. The summed E-state index contributed by atoms with van der Waals surface area (Å²) < 4.78 is 2.26. The highest BCUT2D eigenvalue weighted by atomic mass is 127. The molecular weight excluding hydrogens is 283 g/mol. The van der Waals surface area contributed by atoms with Crippen LogP contribution in [0.15, 0.2) is 40.0 Å².